The molecule has 5 aromatic rings. The largest absolute Gasteiger partial charge is 0.397 e. The van der Waals surface area contributed by atoms with Crippen LogP contribution >= 0.6 is 0 Å². The number of carbonyl (C=O) groups is 1. The molecule has 0 radical (unpaired) electrons. The maximum atomic E-state index is 12.7. The number of amides is 1. The summed E-state index contributed by atoms with van der Waals surface area (Å²) in [6, 6.07) is 32.2. The molecule has 7 rings (SSSR count). The minimum absolute atomic E-state index is 0.213. The van der Waals surface area contributed by atoms with Crippen molar-refractivity contribution in [3.8, 4) is 0 Å². The first-order chi connectivity index (χ1) is 21.6. The van der Waals surface area contributed by atoms with E-state index in [9.17, 15) is 4.79 Å². The number of rotatable bonds is 9. The molecule has 1 amide bonds. The van der Waals surface area contributed by atoms with Gasteiger partial charge in [-0.3, -0.25) is 4.79 Å². The number of para-hydroxylation sites is 2. The number of hydrogen-bond donors (Lipinski definition) is 5. The summed E-state index contributed by atoms with van der Waals surface area (Å²) in [7, 11) is 0. The van der Waals surface area contributed by atoms with Crippen LogP contribution < -0.4 is 27.0 Å². The Balaban J connectivity index is 1.04. The number of fused-ring (bicyclic) bond motifs is 2. The van der Waals surface area contributed by atoms with E-state index >= 15 is 0 Å². The first kappa shape index (κ1) is 27.4. The zero-order chi connectivity index (χ0) is 29.9. The minimum atomic E-state index is -0.213. The molecule has 0 saturated carbocycles. The van der Waals surface area contributed by atoms with Crippen molar-refractivity contribution < 1.29 is 4.79 Å². The van der Waals surface area contributed by atoms with Gasteiger partial charge in [-0.1, -0.05) is 72.8 Å². The van der Waals surface area contributed by atoms with Gasteiger partial charge >= 0.3 is 0 Å². The van der Waals surface area contributed by atoms with Gasteiger partial charge < -0.3 is 27.0 Å². The van der Waals surface area contributed by atoms with Crippen molar-refractivity contribution in [1.29, 1.82) is 0 Å². The highest BCUT2D eigenvalue weighted by Crippen LogP contribution is 2.26. The molecular weight excluding hydrogens is 548 g/mol. The first-order valence-electron chi connectivity index (χ1n) is 15.0. The van der Waals surface area contributed by atoms with E-state index in [-0.39, 0.29) is 18.0 Å². The summed E-state index contributed by atoms with van der Waals surface area (Å²) in [6.07, 6.45) is 3.73. The van der Waals surface area contributed by atoms with E-state index in [1.165, 1.54) is 22.3 Å². The predicted octanol–water partition coefficient (Wildman–Crippen LogP) is 5.48. The van der Waals surface area contributed by atoms with Gasteiger partial charge in [-0.2, -0.15) is 15.0 Å². The molecule has 0 unspecified atom stereocenters. The molecule has 0 fully saturated rings. The molecular formula is C35H34N8O. The summed E-state index contributed by atoms with van der Waals surface area (Å²) >= 11 is 0. The minimum Gasteiger partial charge on any atom is -0.397 e. The second kappa shape index (κ2) is 12.0. The van der Waals surface area contributed by atoms with Gasteiger partial charge in [0.1, 0.15) is 0 Å². The number of aromatic nitrogens is 3. The molecule has 44 heavy (non-hydrogen) atoms. The van der Waals surface area contributed by atoms with Crippen molar-refractivity contribution in [3.63, 3.8) is 0 Å². The molecule has 0 saturated heterocycles. The number of hydrogen-bond acceptors (Lipinski definition) is 8. The van der Waals surface area contributed by atoms with Crippen LogP contribution in [0.4, 0.5) is 29.2 Å². The van der Waals surface area contributed by atoms with Crippen LogP contribution in [0.5, 0.6) is 0 Å². The van der Waals surface area contributed by atoms with E-state index in [2.05, 4.69) is 69.8 Å². The Morgan fingerprint density at radius 3 is 1.64 bits per heavy atom. The van der Waals surface area contributed by atoms with Crippen LogP contribution in [0.25, 0.3) is 0 Å². The van der Waals surface area contributed by atoms with Crippen molar-refractivity contribution in [2.24, 2.45) is 0 Å². The molecule has 0 aliphatic heterocycles. The number of nitrogen functional groups attached to an aromatic ring is 1. The highest BCUT2D eigenvalue weighted by atomic mass is 16.1. The third-order valence-corrected chi connectivity index (χ3v) is 8.28. The van der Waals surface area contributed by atoms with E-state index in [0.717, 1.165) is 31.2 Å². The zero-order valence-corrected chi connectivity index (χ0v) is 24.3. The summed E-state index contributed by atoms with van der Waals surface area (Å²) in [5.41, 5.74) is 14.1. The predicted molar refractivity (Wildman–Crippen MR) is 175 cm³/mol. The maximum absolute atomic E-state index is 12.7. The lowest BCUT2D eigenvalue weighted by Crippen LogP contribution is -2.25. The fourth-order valence-electron chi connectivity index (χ4n) is 6.03. The molecule has 1 heterocycles. The molecule has 6 N–H and O–H groups in total. The van der Waals surface area contributed by atoms with Crippen LogP contribution in [0.1, 0.15) is 38.2 Å². The molecule has 9 heteroatoms. The molecule has 0 bridgehead atoms. The van der Waals surface area contributed by atoms with Gasteiger partial charge in [0.25, 0.3) is 5.91 Å². The van der Waals surface area contributed by atoms with Gasteiger partial charge in [-0.05, 0) is 77.8 Å². The first-order valence-corrected chi connectivity index (χ1v) is 15.0. The smallest absolute Gasteiger partial charge is 0.255 e. The Labute approximate surface area is 256 Å². The average Bonchev–Trinajstić information content (AvgIpc) is 3.64. The lowest BCUT2D eigenvalue weighted by atomic mass is 10.1. The fraction of sp³-hybridized carbons (Fsp3) is 0.200. The lowest BCUT2D eigenvalue weighted by molar-refractivity contribution is 0.102. The van der Waals surface area contributed by atoms with Crippen molar-refractivity contribution in [1.82, 2.24) is 15.0 Å². The summed E-state index contributed by atoms with van der Waals surface area (Å²) in [5.74, 6) is 1.36. The third kappa shape index (κ3) is 6.17. The van der Waals surface area contributed by atoms with Gasteiger partial charge in [0.05, 0.1) is 11.4 Å². The van der Waals surface area contributed by atoms with E-state index in [0.29, 0.717) is 41.3 Å². The topological polar surface area (TPSA) is 130 Å². The van der Waals surface area contributed by atoms with E-state index in [1.807, 2.05) is 24.3 Å². The van der Waals surface area contributed by atoms with Crippen LogP contribution in [-0.2, 0) is 32.2 Å². The Morgan fingerprint density at radius 2 is 1.11 bits per heavy atom. The lowest BCUT2D eigenvalue weighted by Gasteiger charge is -2.17. The monoisotopic (exact) mass is 582 g/mol. The van der Waals surface area contributed by atoms with Crippen molar-refractivity contribution >= 4 is 35.1 Å². The van der Waals surface area contributed by atoms with Gasteiger partial charge in [-0.25, -0.2) is 0 Å². The number of carbonyl (C=O) groups excluding carboxylic acids is 1. The molecule has 220 valence electrons. The number of anilines is 5. The second-order valence-electron chi connectivity index (χ2n) is 11.4. The van der Waals surface area contributed by atoms with E-state index in [1.54, 1.807) is 24.3 Å². The Kier molecular flexibility index (Phi) is 7.50. The molecule has 1 aromatic heterocycles. The SMILES string of the molecule is Nc1ccccc1NC(=O)c1ccc(CNc2nc(NC3Cc4ccccc4C3)nc(NC3Cc4ccccc4C3)n2)cc1. The Bertz CT molecular complexity index is 1680. The van der Waals surface area contributed by atoms with Crippen molar-refractivity contribution in [2.75, 3.05) is 27.0 Å². The van der Waals surface area contributed by atoms with Crippen LogP contribution in [-0.4, -0.2) is 32.9 Å². The normalized spacial score (nSPS) is 14.1. The quantitative estimate of drug-likeness (QED) is 0.145. The van der Waals surface area contributed by atoms with Crippen LogP contribution in [0, 0.1) is 0 Å². The van der Waals surface area contributed by atoms with E-state index < -0.39 is 0 Å². The molecule has 4 aromatic carbocycles. The van der Waals surface area contributed by atoms with Crippen LogP contribution in [0.15, 0.2) is 97.1 Å². The van der Waals surface area contributed by atoms with Crippen LogP contribution in [0.2, 0.25) is 0 Å². The standard InChI is InChI=1S/C35H34N8O/c36-30-11-5-6-12-31(30)40-32(44)23-15-13-22(14-16-23)21-37-33-41-34(38-28-17-24-7-1-2-8-25(24)18-28)43-35(42-33)39-29-19-26-9-3-4-10-27(26)20-29/h1-16,28-29H,17-21,36H2,(H,40,44)(H3,37,38,39,41,42,43). The summed E-state index contributed by atoms with van der Waals surface area (Å²) in [4.78, 5) is 27.0. The molecule has 9 nitrogen and oxygen atoms in total. The summed E-state index contributed by atoms with van der Waals surface area (Å²) in [5, 5.41) is 13.3. The van der Waals surface area contributed by atoms with Gasteiger partial charge in [-0.15, -0.1) is 0 Å². The second-order valence-corrected chi connectivity index (χ2v) is 11.4. The highest BCUT2D eigenvalue weighted by molar-refractivity contribution is 6.05. The zero-order valence-electron chi connectivity index (χ0n) is 24.3. The third-order valence-electron chi connectivity index (χ3n) is 8.28. The molecule has 2 aliphatic rings. The Hall–Kier alpha value is -5.44. The number of benzene rings is 4. The van der Waals surface area contributed by atoms with Crippen molar-refractivity contribution in [3.05, 3.63) is 130 Å². The van der Waals surface area contributed by atoms with Crippen LogP contribution in [0.3, 0.4) is 0 Å². The number of nitrogens with one attached hydrogen (secondary N) is 4. The van der Waals surface area contributed by atoms with Gasteiger partial charge in [0.15, 0.2) is 0 Å². The number of nitrogens with two attached hydrogens (primary N) is 1. The average molecular weight is 583 g/mol. The molecule has 2 aliphatic carbocycles. The Morgan fingerprint density at radius 1 is 0.636 bits per heavy atom. The molecule has 0 spiro atoms. The van der Waals surface area contributed by atoms with E-state index in [4.69, 9.17) is 20.7 Å². The fourth-order valence-corrected chi connectivity index (χ4v) is 6.03. The highest BCUT2D eigenvalue weighted by Gasteiger charge is 2.24. The van der Waals surface area contributed by atoms with Crippen molar-refractivity contribution in [2.45, 2.75) is 44.3 Å². The van der Waals surface area contributed by atoms with Gasteiger partial charge in [0, 0.05) is 24.2 Å². The maximum Gasteiger partial charge on any atom is 0.255 e. The molecule has 0 atom stereocenters. The van der Waals surface area contributed by atoms with Gasteiger partial charge in [0.2, 0.25) is 17.8 Å². The summed E-state index contributed by atoms with van der Waals surface area (Å²) in [6.45, 7) is 0.486. The summed E-state index contributed by atoms with van der Waals surface area (Å²) < 4.78 is 0. The number of nitrogens with zero attached hydrogens (tertiary/aromatic N) is 3.